The number of carbonyl (C=O) groups is 1. The Bertz CT molecular complexity index is 1240. The van der Waals surface area contributed by atoms with Crippen molar-refractivity contribution in [3.8, 4) is 5.69 Å². The van der Waals surface area contributed by atoms with E-state index in [2.05, 4.69) is 42.2 Å². The second-order valence-electron chi connectivity index (χ2n) is 5.99. The quantitative estimate of drug-likeness (QED) is 0.185. The summed E-state index contributed by atoms with van der Waals surface area (Å²) in [6.45, 7) is 0. The molecule has 0 unspecified atom stereocenters. The fraction of sp³-hybridized carbons (Fsp3) is 0.0556. The molecule has 31 heavy (non-hydrogen) atoms. The first kappa shape index (κ1) is 23.3. The third-order valence-corrected chi connectivity index (χ3v) is 6.11. The number of nitro groups is 1. The summed E-state index contributed by atoms with van der Waals surface area (Å²) in [5, 5.41) is 14.6. The summed E-state index contributed by atoms with van der Waals surface area (Å²) >= 11 is 13.3. The minimum Gasteiger partial charge on any atom is -0.385 e. The molecule has 0 bridgehead atoms. The van der Waals surface area contributed by atoms with E-state index in [9.17, 15) is 19.7 Å². The summed E-state index contributed by atoms with van der Waals surface area (Å²) in [6, 6.07) is 10.7. The zero-order chi connectivity index (χ0) is 22.7. The van der Waals surface area contributed by atoms with E-state index in [-0.39, 0.29) is 28.1 Å². The standard InChI is InChI=1S/C18H12Br2ClN5O4S/c19-9-5-12(20)17(13(6-9)26(29)30)23-16(28)8-31-18-24-15(27)7-14(22)25(18)11-3-1-10(21)2-4-11/h1-7H,8,22H2,(H,23,28). The first-order valence-corrected chi connectivity index (χ1v) is 11.3. The number of rotatable bonds is 6. The molecule has 2 aromatic carbocycles. The van der Waals surface area contributed by atoms with E-state index >= 15 is 0 Å². The maximum Gasteiger partial charge on any atom is 0.295 e. The number of anilines is 2. The van der Waals surface area contributed by atoms with Gasteiger partial charge in [-0.15, -0.1) is 0 Å². The van der Waals surface area contributed by atoms with Crippen molar-refractivity contribution in [2.24, 2.45) is 0 Å². The van der Waals surface area contributed by atoms with Gasteiger partial charge in [0.15, 0.2) is 5.16 Å². The van der Waals surface area contributed by atoms with Crippen molar-refractivity contribution in [1.82, 2.24) is 9.55 Å². The number of nitrogens with two attached hydrogens (primary N) is 1. The number of thioether (sulfide) groups is 1. The SMILES string of the molecule is Nc1cc(=O)nc(SCC(=O)Nc2c(Br)cc(Br)cc2[N+](=O)[O-])n1-c1ccc(Cl)cc1. The van der Waals surface area contributed by atoms with E-state index in [1.165, 1.54) is 16.7 Å². The van der Waals surface area contributed by atoms with Crippen LogP contribution in [0.25, 0.3) is 5.69 Å². The first-order chi connectivity index (χ1) is 14.7. The lowest BCUT2D eigenvalue weighted by Gasteiger charge is -2.15. The number of hydrogen-bond acceptors (Lipinski definition) is 7. The molecular formula is C18H12Br2ClN5O4S. The minimum absolute atomic E-state index is 0.0226. The Kier molecular flexibility index (Phi) is 7.36. The van der Waals surface area contributed by atoms with Crippen LogP contribution >= 0.6 is 55.2 Å². The summed E-state index contributed by atoms with van der Waals surface area (Å²) in [6.07, 6.45) is 0. The van der Waals surface area contributed by atoms with Crippen LogP contribution in [0.5, 0.6) is 0 Å². The van der Waals surface area contributed by atoms with Crippen molar-refractivity contribution in [3.05, 3.63) is 76.9 Å². The van der Waals surface area contributed by atoms with Crippen molar-refractivity contribution in [1.29, 1.82) is 0 Å². The Morgan fingerprint density at radius 2 is 1.94 bits per heavy atom. The van der Waals surface area contributed by atoms with Gasteiger partial charge in [0.25, 0.3) is 11.2 Å². The number of nitrogen functional groups attached to an aromatic ring is 1. The van der Waals surface area contributed by atoms with Crippen molar-refractivity contribution >= 4 is 78.3 Å². The summed E-state index contributed by atoms with van der Waals surface area (Å²) in [5.41, 5.74) is 5.79. The van der Waals surface area contributed by atoms with Gasteiger partial charge in [0, 0.05) is 31.8 Å². The zero-order valence-electron chi connectivity index (χ0n) is 15.3. The maximum absolute atomic E-state index is 12.5. The smallest absolute Gasteiger partial charge is 0.295 e. The minimum atomic E-state index is -0.601. The Labute approximate surface area is 201 Å². The van der Waals surface area contributed by atoms with E-state index < -0.39 is 16.4 Å². The normalized spacial score (nSPS) is 10.7. The summed E-state index contributed by atoms with van der Waals surface area (Å²) < 4.78 is 2.33. The third-order valence-electron chi connectivity index (χ3n) is 3.84. The fourth-order valence-electron chi connectivity index (χ4n) is 2.56. The second kappa shape index (κ2) is 9.81. The lowest BCUT2D eigenvalue weighted by atomic mass is 10.2. The number of amides is 1. The average molecular weight is 590 g/mol. The highest BCUT2D eigenvalue weighted by atomic mass is 79.9. The Hall–Kier alpha value is -2.41. The monoisotopic (exact) mass is 587 g/mol. The lowest BCUT2D eigenvalue weighted by Crippen LogP contribution is -2.19. The van der Waals surface area contributed by atoms with Gasteiger partial charge in [0.2, 0.25) is 5.91 Å². The van der Waals surface area contributed by atoms with Gasteiger partial charge in [0.1, 0.15) is 11.5 Å². The van der Waals surface area contributed by atoms with Crippen molar-refractivity contribution in [2.75, 3.05) is 16.8 Å². The maximum atomic E-state index is 12.5. The van der Waals surface area contributed by atoms with Crippen LogP contribution in [0.2, 0.25) is 5.02 Å². The van der Waals surface area contributed by atoms with Crippen LogP contribution < -0.4 is 16.6 Å². The van der Waals surface area contributed by atoms with Crippen LogP contribution in [0.4, 0.5) is 17.2 Å². The van der Waals surface area contributed by atoms with Gasteiger partial charge >= 0.3 is 0 Å². The number of halogens is 3. The molecule has 0 radical (unpaired) electrons. The van der Waals surface area contributed by atoms with Crippen LogP contribution in [-0.4, -0.2) is 26.1 Å². The number of aromatic nitrogens is 2. The van der Waals surface area contributed by atoms with Crippen LogP contribution in [0, 0.1) is 10.1 Å². The van der Waals surface area contributed by atoms with Crippen molar-refractivity contribution in [2.45, 2.75) is 5.16 Å². The number of hydrogen-bond donors (Lipinski definition) is 2. The molecular weight excluding hydrogens is 578 g/mol. The molecule has 1 aromatic heterocycles. The predicted molar refractivity (Wildman–Crippen MR) is 127 cm³/mol. The van der Waals surface area contributed by atoms with Gasteiger partial charge in [0.05, 0.1) is 10.7 Å². The lowest BCUT2D eigenvalue weighted by molar-refractivity contribution is -0.384. The molecule has 160 valence electrons. The number of nitrogens with zero attached hydrogens (tertiary/aromatic N) is 3. The predicted octanol–water partition coefficient (Wildman–Crippen LogP) is 4.63. The Morgan fingerprint density at radius 3 is 2.58 bits per heavy atom. The molecule has 13 heteroatoms. The van der Waals surface area contributed by atoms with E-state index in [1.54, 1.807) is 30.3 Å². The van der Waals surface area contributed by atoms with Gasteiger partial charge in [-0.05, 0) is 46.3 Å². The molecule has 0 aliphatic rings. The van der Waals surface area contributed by atoms with Crippen molar-refractivity contribution in [3.63, 3.8) is 0 Å². The van der Waals surface area contributed by atoms with Gasteiger partial charge in [-0.1, -0.05) is 39.3 Å². The highest BCUT2D eigenvalue weighted by molar-refractivity contribution is 9.11. The highest BCUT2D eigenvalue weighted by Gasteiger charge is 2.21. The fourth-order valence-corrected chi connectivity index (χ4v) is 4.81. The zero-order valence-corrected chi connectivity index (χ0v) is 20.1. The average Bonchev–Trinajstić information content (AvgIpc) is 2.68. The molecule has 3 aromatic rings. The molecule has 0 saturated heterocycles. The molecule has 1 amide bonds. The molecule has 3 rings (SSSR count). The van der Waals surface area contributed by atoms with Crippen LogP contribution in [-0.2, 0) is 4.79 Å². The number of nitro benzene ring substituents is 1. The first-order valence-electron chi connectivity index (χ1n) is 8.37. The Morgan fingerprint density at radius 1 is 1.26 bits per heavy atom. The van der Waals surface area contributed by atoms with E-state index in [0.29, 0.717) is 19.7 Å². The van der Waals surface area contributed by atoms with Crippen molar-refractivity contribution < 1.29 is 9.72 Å². The molecule has 9 nitrogen and oxygen atoms in total. The van der Waals surface area contributed by atoms with Gasteiger partial charge in [-0.2, -0.15) is 4.98 Å². The van der Waals surface area contributed by atoms with E-state index in [4.69, 9.17) is 17.3 Å². The summed E-state index contributed by atoms with van der Waals surface area (Å²) in [5.74, 6) is -0.574. The van der Waals surface area contributed by atoms with E-state index in [0.717, 1.165) is 11.8 Å². The second-order valence-corrected chi connectivity index (χ2v) is 9.14. The summed E-state index contributed by atoms with van der Waals surface area (Å²) in [4.78, 5) is 39.0. The van der Waals surface area contributed by atoms with Crippen LogP contribution in [0.15, 0.2) is 61.4 Å². The largest absolute Gasteiger partial charge is 0.385 e. The molecule has 3 N–H and O–H groups in total. The molecule has 0 aliphatic carbocycles. The molecule has 0 saturated carbocycles. The Balaban J connectivity index is 1.86. The van der Waals surface area contributed by atoms with E-state index in [1.807, 2.05) is 0 Å². The molecule has 1 heterocycles. The number of carbonyl (C=O) groups excluding carboxylic acids is 1. The highest BCUT2D eigenvalue weighted by Crippen LogP contribution is 2.36. The molecule has 0 fully saturated rings. The number of nitrogens with one attached hydrogen (secondary N) is 1. The van der Waals surface area contributed by atoms with Gasteiger partial charge in [-0.25, -0.2) is 0 Å². The van der Waals surface area contributed by atoms with Crippen LogP contribution in [0.1, 0.15) is 0 Å². The number of benzene rings is 2. The molecule has 0 atom stereocenters. The van der Waals surface area contributed by atoms with Crippen LogP contribution in [0.3, 0.4) is 0 Å². The topological polar surface area (TPSA) is 133 Å². The third kappa shape index (κ3) is 5.64. The van der Waals surface area contributed by atoms with Gasteiger partial charge < -0.3 is 11.1 Å². The van der Waals surface area contributed by atoms with Gasteiger partial charge in [-0.3, -0.25) is 24.3 Å². The molecule has 0 spiro atoms. The summed E-state index contributed by atoms with van der Waals surface area (Å²) in [7, 11) is 0. The molecule has 0 aliphatic heterocycles.